The summed E-state index contributed by atoms with van der Waals surface area (Å²) in [5.74, 6) is 2.16. The zero-order valence-corrected chi connectivity index (χ0v) is 16.6. The summed E-state index contributed by atoms with van der Waals surface area (Å²) in [5.41, 5.74) is 3.64. The van der Waals surface area contributed by atoms with Crippen molar-refractivity contribution in [3.05, 3.63) is 65.5 Å². The highest BCUT2D eigenvalue weighted by Gasteiger charge is 2.20. The van der Waals surface area contributed by atoms with Gasteiger partial charge in [0.05, 0.1) is 7.11 Å². The third-order valence-electron chi connectivity index (χ3n) is 5.42. The Balaban J connectivity index is 1.28. The van der Waals surface area contributed by atoms with Gasteiger partial charge in [0.25, 0.3) is 0 Å². The molecule has 3 aromatic rings. The topological polar surface area (TPSA) is 77.2 Å². The molecule has 1 N–H and O–H groups in total. The van der Waals surface area contributed by atoms with Gasteiger partial charge in [-0.1, -0.05) is 29.4 Å². The van der Waals surface area contributed by atoms with E-state index in [0.717, 1.165) is 24.2 Å². The fraction of sp³-hybridized carbons (Fsp3) is 0.348. The lowest BCUT2D eigenvalue weighted by Gasteiger charge is -2.25. The van der Waals surface area contributed by atoms with Crippen molar-refractivity contribution in [1.29, 1.82) is 0 Å². The molecule has 1 atom stereocenters. The van der Waals surface area contributed by atoms with Crippen molar-refractivity contribution in [2.24, 2.45) is 0 Å². The smallest absolute Gasteiger partial charge is 0.227 e. The van der Waals surface area contributed by atoms with Crippen LogP contribution in [0.1, 0.15) is 42.2 Å². The fourth-order valence-electron chi connectivity index (χ4n) is 3.83. The fourth-order valence-corrected chi connectivity index (χ4v) is 3.83. The van der Waals surface area contributed by atoms with Crippen LogP contribution in [0.5, 0.6) is 5.75 Å². The Morgan fingerprint density at radius 2 is 2.03 bits per heavy atom. The lowest BCUT2D eigenvalue weighted by Crippen LogP contribution is -2.30. The van der Waals surface area contributed by atoms with Gasteiger partial charge in [-0.2, -0.15) is 4.98 Å². The number of aromatic nitrogens is 2. The van der Waals surface area contributed by atoms with Crippen LogP contribution in [0.2, 0.25) is 0 Å². The van der Waals surface area contributed by atoms with Crippen LogP contribution in [0, 0.1) is 0 Å². The summed E-state index contributed by atoms with van der Waals surface area (Å²) >= 11 is 0. The minimum absolute atomic E-state index is 0.0113. The van der Waals surface area contributed by atoms with Crippen molar-refractivity contribution in [2.75, 3.05) is 13.7 Å². The summed E-state index contributed by atoms with van der Waals surface area (Å²) < 4.78 is 10.4. The summed E-state index contributed by atoms with van der Waals surface area (Å²) in [6.45, 7) is 0.677. The van der Waals surface area contributed by atoms with E-state index in [-0.39, 0.29) is 5.91 Å². The number of carbonyl (C=O) groups excluding carboxylic acids is 1. The van der Waals surface area contributed by atoms with Gasteiger partial charge in [-0.15, -0.1) is 0 Å². The van der Waals surface area contributed by atoms with Crippen molar-refractivity contribution >= 4 is 5.91 Å². The quantitative estimate of drug-likeness (QED) is 0.661. The van der Waals surface area contributed by atoms with Crippen LogP contribution in [0.25, 0.3) is 11.4 Å². The van der Waals surface area contributed by atoms with E-state index in [1.54, 1.807) is 7.11 Å². The first kappa shape index (κ1) is 19.2. The first-order valence-electron chi connectivity index (χ1n) is 10.0. The zero-order valence-electron chi connectivity index (χ0n) is 16.6. The molecule has 1 unspecified atom stereocenters. The lowest BCUT2D eigenvalue weighted by molar-refractivity contribution is -0.121. The van der Waals surface area contributed by atoms with Crippen LogP contribution in [0.4, 0.5) is 0 Å². The van der Waals surface area contributed by atoms with Gasteiger partial charge in [-0.25, -0.2) is 0 Å². The van der Waals surface area contributed by atoms with Crippen LogP contribution in [0.15, 0.2) is 53.1 Å². The molecule has 0 aliphatic heterocycles. The van der Waals surface area contributed by atoms with Gasteiger partial charge in [0.1, 0.15) is 5.75 Å². The van der Waals surface area contributed by atoms with E-state index in [4.69, 9.17) is 9.26 Å². The third-order valence-corrected chi connectivity index (χ3v) is 5.42. The Morgan fingerprint density at radius 1 is 1.21 bits per heavy atom. The number of methoxy groups -OCH3 is 1. The van der Waals surface area contributed by atoms with Crippen LogP contribution in [-0.2, 0) is 17.6 Å². The zero-order chi connectivity index (χ0) is 20.1. The Hall–Kier alpha value is -3.15. The highest BCUT2D eigenvalue weighted by atomic mass is 16.5. The molecule has 2 aromatic carbocycles. The standard InChI is InChI=1S/C23H25N3O3/c1-28-19-11-9-17(10-12-19)23-25-22(29-26-23)14-13-21(27)24-15-18-7-4-6-16-5-2-3-8-20(16)18/h2-3,5,8-12,18H,4,6-7,13-15H2,1H3,(H,24,27). The molecule has 0 spiro atoms. The second-order valence-corrected chi connectivity index (χ2v) is 7.33. The molecule has 0 saturated carbocycles. The van der Waals surface area contributed by atoms with E-state index in [0.29, 0.717) is 37.0 Å². The van der Waals surface area contributed by atoms with E-state index in [1.807, 2.05) is 24.3 Å². The Kier molecular flexibility index (Phi) is 5.89. The summed E-state index contributed by atoms with van der Waals surface area (Å²) in [7, 11) is 1.62. The number of rotatable bonds is 7. The summed E-state index contributed by atoms with van der Waals surface area (Å²) in [4.78, 5) is 16.7. The average molecular weight is 391 g/mol. The maximum Gasteiger partial charge on any atom is 0.227 e. The molecule has 6 heteroatoms. The first-order chi connectivity index (χ1) is 14.2. The number of amides is 1. The van der Waals surface area contributed by atoms with Crippen molar-refractivity contribution < 1.29 is 14.1 Å². The molecular formula is C23H25N3O3. The van der Waals surface area contributed by atoms with E-state index in [2.05, 4.69) is 39.7 Å². The maximum absolute atomic E-state index is 12.3. The molecule has 0 radical (unpaired) electrons. The number of nitrogens with one attached hydrogen (secondary N) is 1. The monoisotopic (exact) mass is 391 g/mol. The van der Waals surface area contributed by atoms with Crippen molar-refractivity contribution in [2.45, 2.75) is 38.0 Å². The third kappa shape index (κ3) is 4.65. The molecule has 1 aromatic heterocycles. The van der Waals surface area contributed by atoms with Crippen molar-refractivity contribution in [3.63, 3.8) is 0 Å². The number of nitrogens with zero attached hydrogens (tertiary/aromatic N) is 2. The van der Waals surface area contributed by atoms with Crippen LogP contribution in [0.3, 0.4) is 0 Å². The second kappa shape index (κ2) is 8.90. The Labute approximate surface area is 170 Å². The normalized spacial score (nSPS) is 15.6. The summed E-state index contributed by atoms with van der Waals surface area (Å²) in [5, 5.41) is 7.08. The van der Waals surface area contributed by atoms with Crippen molar-refractivity contribution in [1.82, 2.24) is 15.5 Å². The minimum atomic E-state index is 0.0113. The van der Waals surface area contributed by atoms with Crippen molar-refractivity contribution in [3.8, 4) is 17.1 Å². The first-order valence-corrected chi connectivity index (χ1v) is 10.0. The van der Waals surface area contributed by atoms with Gasteiger partial charge in [-0.3, -0.25) is 4.79 Å². The number of hydrogen-bond donors (Lipinski definition) is 1. The largest absolute Gasteiger partial charge is 0.497 e. The predicted octanol–water partition coefficient (Wildman–Crippen LogP) is 3.91. The van der Waals surface area contributed by atoms with E-state index in [1.165, 1.54) is 17.5 Å². The molecular weight excluding hydrogens is 366 g/mol. The summed E-state index contributed by atoms with van der Waals surface area (Å²) in [6, 6.07) is 16.0. The molecule has 1 amide bonds. The molecule has 29 heavy (non-hydrogen) atoms. The molecule has 6 nitrogen and oxygen atoms in total. The summed E-state index contributed by atoms with van der Waals surface area (Å²) in [6.07, 6.45) is 4.18. The molecule has 1 aliphatic carbocycles. The maximum atomic E-state index is 12.3. The minimum Gasteiger partial charge on any atom is -0.497 e. The number of aryl methyl sites for hydroxylation is 2. The molecule has 150 valence electrons. The number of ether oxygens (including phenoxy) is 1. The number of fused-ring (bicyclic) bond motifs is 1. The number of carbonyl (C=O) groups is 1. The highest BCUT2D eigenvalue weighted by Crippen LogP contribution is 2.30. The lowest BCUT2D eigenvalue weighted by atomic mass is 9.83. The predicted molar refractivity (Wildman–Crippen MR) is 110 cm³/mol. The molecule has 1 heterocycles. The van der Waals surface area contributed by atoms with Crippen LogP contribution >= 0.6 is 0 Å². The molecule has 1 aliphatic rings. The number of hydrogen-bond acceptors (Lipinski definition) is 5. The SMILES string of the molecule is COc1ccc(-c2noc(CCC(=O)NCC3CCCc4ccccc43)n2)cc1. The van der Waals surface area contributed by atoms with E-state index < -0.39 is 0 Å². The average Bonchev–Trinajstić information content (AvgIpc) is 3.25. The van der Waals surface area contributed by atoms with E-state index >= 15 is 0 Å². The highest BCUT2D eigenvalue weighted by molar-refractivity contribution is 5.76. The molecule has 4 rings (SSSR count). The van der Waals surface area contributed by atoms with Gasteiger partial charge in [0.2, 0.25) is 17.6 Å². The van der Waals surface area contributed by atoms with Crippen LogP contribution in [-0.4, -0.2) is 29.7 Å². The van der Waals surface area contributed by atoms with Gasteiger partial charge in [-0.05, 0) is 54.7 Å². The number of benzene rings is 2. The van der Waals surface area contributed by atoms with E-state index in [9.17, 15) is 4.79 Å². The van der Waals surface area contributed by atoms with Gasteiger partial charge in [0.15, 0.2) is 0 Å². The molecule has 0 saturated heterocycles. The van der Waals surface area contributed by atoms with Crippen LogP contribution < -0.4 is 10.1 Å². The van der Waals surface area contributed by atoms with Gasteiger partial charge >= 0.3 is 0 Å². The Morgan fingerprint density at radius 3 is 2.86 bits per heavy atom. The molecule has 0 fully saturated rings. The molecule has 0 bridgehead atoms. The Bertz CT molecular complexity index is 966. The van der Waals surface area contributed by atoms with Gasteiger partial charge in [0, 0.05) is 30.9 Å². The second-order valence-electron chi connectivity index (χ2n) is 7.33. The van der Waals surface area contributed by atoms with Gasteiger partial charge < -0.3 is 14.6 Å².